The molecule has 0 unspecified atom stereocenters. The van der Waals surface area contributed by atoms with Crippen LogP contribution in [-0.2, 0) is 31.4 Å². The lowest BCUT2D eigenvalue weighted by atomic mass is 10.2. The number of nitrogens with zero attached hydrogens (tertiary/aromatic N) is 2. The molecule has 1 aliphatic heterocycles. The van der Waals surface area contributed by atoms with Gasteiger partial charge in [0.05, 0.1) is 24.7 Å². The molecule has 30 heavy (non-hydrogen) atoms. The van der Waals surface area contributed by atoms with Gasteiger partial charge in [-0.1, -0.05) is 17.3 Å². The van der Waals surface area contributed by atoms with Crippen molar-refractivity contribution in [2.75, 3.05) is 44.0 Å². The zero-order valence-electron chi connectivity index (χ0n) is 17.3. The van der Waals surface area contributed by atoms with Gasteiger partial charge in [-0.15, -0.1) is 11.8 Å². The number of hydrogen-bond acceptors (Lipinski definition) is 8. The SMILES string of the molecule is Cc1noc(C)c1CSCC(=O)OCC(=O)Nc1ccc(CN2CCOCC2)cc1. The molecule has 2 heterocycles. The smallest absolute Gasteiger partial charge is 0.316 e. The fourth-order valence-electron chi connectivity index (χ4n) is 3.04. The monoisotopic (exact) mass is 433 g/mol. The Labute approximate surface area is 180 Å². The first-order chi connectivity index (χ1) is 14.5. The summed E-state index contributed by atoms with van der Waals surface area (Å²) >= 11 is 1.40. The van der Waals surface area contributed by atoms with E-state index in [4.69, 9.17) is 14.0 Å². The van der Waals surface area contributed by atoms with Gasteiger partial charge in [-0.25, -0.2) is 0 Å². The topological polar surface area (TPSA) is 93.9 Å². The lowest BCUT2D eigenvalue weighted by Crippen LogP contribution is -2.35. The van der Waals surface area contributed by atoms with Gasteiger partial charge in [0.15, 0.2) is 6.61 Å². The number of aromatic nitrogens is 1. The van der Waals surface area contributed by atoms with Crippen LogP contribution in [0.4, 0.5) is 5.69 Å². The van der Waals surface area contributed by atoms with Crippen LogP contribution in [-0.4, -0.2) is 60.6 Å². The van der Waals surface area contributed by atoms with E-state index in [1.807, 2.05) is 38.1 Å². The third-order valence-electron chi connectivity index (χ3n) is 4.76. The lowest BCUT2D eigenvalue weighted by Gasteiger charge is -2.26. The van der Waals surface area contributed by atoms with Gasteiger partial charge in [0, 0.05) is 36.6 Å². The number of benzene rings is 1. The Kier molecular flexibility index (Phi) is 8.30. The highest BCUT2D eigenvalue weighted by atomic mass is 32.2. The van der Waals surface area contributed by atoms with Crippen molar-refractivity contribution in [3.8, 4) is 0 Å². The molecule has 0 atom stereocenters. The Hall–Kier alpha value is -2.36. The second kappa shape index (κ2) is 11.1. The van der Waals surface area contributed by atoms with E-state index in [1.165, 1.54) is 17.3 Å². The number of ether oxygens (including phenoxy) is 2. The fourth-order valence-corrected chi connectivity index (χ4v) is 4.01. The largest absolute Gasteiger partial charge is 0.455 e. The highest BCUT2D eigenvalue weighted by Crippen LogP contribution is 2.19. The summed E-state index contributed by atoms with van der Waals surface area (Å²) in [6.45, 7) is 7.66. The third kappa shape index (κ3) is 6.86. The minimum absolute atomic E-state index is 0.160. The van der Waals surface area contributed by atoms with Crippen LogP contribution in [0, 0.1) is 13.8 Å². The van der Waals surface area contributed by atoms with E-state index >= 15 is 0 Å². The number of carbonyl (C=O) groups is 2. The summed E-state index contributed by atoms with van der Waals surface area (Å²) in [4.78, 5) is 26.2. The summed E-state index contributed by atoms with van der Waals surface area (Å²) in [5.74, 6) is 0.735. The molecule has 2 aromatic rings. The summed E-state index contributed by atoms with van der Waals surface area (Å²) in [5.41, 5.74) is 3.66. The maximum atomic E-state index is 12.0. The molecule has 0 bridgehead atoms. The number of carbonyl (C=O) groups excluding carboxylic acids is 2. The average Bonchev–Trinajstić information content (AvgIpc) is 3.06. The van der Waals surface area contributed by atoms with Gasteiger partial charge in [-0.05, 0) is 31.5 Å². The van der Waals surface area contributed by atoms with Gasteiger partial charge in [-0.2, -0.15) is 0 Å². The Balaban J connectivity index is 1.34. The fraction of sp³-hybridized carbons (Fsp3) is 0.476. The molecule has 9 heteroatoms. The van der Waals surface area contributed by atoms with Gasteiger partial charge in [0.1, 0.15) is 5.76 Å². The van der Waals surface area contributed by atoms with Gasteiger partial charge in [0.2, 0.25) is 0 Å². The second-order valence-corrected chi connectivity index (χ2v) is 8.08. The molecule has 8 nitrogen and oxygen atoms in total. The van der Waals surface area contributed by atoms with Crippen LogP contribution in [0.5, 0.6) is 0 Å². The highest BCUT2D eigenvalue weighted by Gasteiger charge is 2.13. The summed E-state index contributed by atoms with van der Waals surface area (Å²) < 4.78 is 15.5. The predicted octanol–water partition coefficient (Wildman–Crippen LogP) is 2.54. The Bertz CT molecular complexity index is 827. The maximum Gasteiger partial charge on any atom is 0.316 e. The third-order valence-corrected chi connectivity index (χ3v) is 5.69. The maximum absolute atomic E-state index is 12.0. The average molecular weight is 434 g/mol. The molecule has 1 aliphatic rings. The normalized spacial score (nSPS) is 14.5. The Morgan fingerprint density at radius 3 is 2.60 bits per heavy atom. The van der Waals surface area contributed by atoms with Crippen molar-refractivity contribution >= 4 is 29.3 Å². The molecule has 1 saturated heterocycles. The van der Waals surface area contributed by atoms with Gasteiger partial charge < -0.3 is 19.3 Å². The molecule has 1 aromatic carbocycles. The van der Waals surface area contributed by atoms with Gasteiger partial charge in [-0.3, -0.25) is 14.5 Å². The molecule has 0 saturated carbocycles. The van der Waals surface area contributed by atoms with E-state index in [-0.39, 0.29) is 18.3 Å². The minimum atomic E-state index is -0.428. The van der Waals surface area contributed by atoms with E-state index in [0.717, 1.165) is 49.9 Å². The zero-order chi connectivity index (χ0) is 21.3. The van der Waals surface area contributed by atoms with E-state index < -0.39 is 5.97 Å². The first kappa shape index (κ1) is 22.3. The van der Waals surface area contributed by atoms with E-state index in [9.17, 15) is 9.59 Å². The quantitative estimate of drug-likeness (QED) is 0.603. The predicted molar refractivity (Wildman–Crippen MR) is 114 cm³/mol. The van der Waals surface area contributed by atoms with E-state index in [0.29, 0.717) is 11.4 Å². The summed E-state index contributed by atoms with van der Waals surface area (Å²) in [7, 11) is 0. The van der Waals surface area contributed by atoms with Crippen LogP contribution in [0.1, 0.15) is 22.6 Å². The molecule has 0 radical (unpaired) electrons. The number of aryl methyl sites for hydroxylation is 2. The minimum Gasteiger partial charge on any atom is -0.455 e. The van der Waals surface area contributed by atoms with Gasteiger partial charge >= 0.3 is 5.97 Å². The Morgan fingerprint density at radius 1 is 1.20 bits per heavy atom. The number of amides is 1. The van der Waals surface area contributed by atoms with Crippen LogP contribution in [0.15, 0.2) is 28.8 Å². The van der Waals surface area contributed by atoms with E-state index in [2.05, 4.69) is 15.4 Å². The van der Waals surface area contributed by atoms with Crippen molar-refractivity contribution in [2.45, 2.75) is 26.1 Å². The molecule has 1 N–H and O–H groups in total. The summed E-state index contributed by atoms with van der Waals surface area (Å²) in [6.07, 6.45) is 0. The molecular formula is C21H27N3O5S. The van der Waals surface area contributed by atoms with Crippen LogP contribution in [0.25, 0.3) is 0 Å². The molecule has 1 fully saturated rings. The number of nitrogens with one attached hydrogen (secondary N) is 1. The van der Waals surface area contributed by atoms with Crippen LogP contribution < -0.4 is 5.32 Å². The molecule has 3 rings (SSSR count). The number of morpholine rings is 1. The summed E-state index contributed by atoms with van der Waals surface area (Å²) in [6, 6.07) is 7.69. The lowest BCUT2D eigenvalue weighted by molar-refractivity contribution is -0.144. The van der Waals surface area contributed by atoms with Crippen molar-refractivity contribution in [1.82, 2.24) is 10.1 Å². The van der Waals surface area contributed by atoms with Crippen molar-refractivity contribution in [3.63, 3.8) is 0 Å². The van der Waals surface area contributed by atoms with Crippen molar-refractivity contribution in [2.24, 2.45) is 0 Å². The zero-order valence-corrected chi connectivity index (χ0v) is 18.1. The number of hydrogen-bond donors (Lipinski definition) is 1. The Morgan fingerprint density at radius 2 is 1.93 bits per heavy atom. The number of rotatable bonds is 9. The van der Waals surface area contributed by atoms with E-state index in [1.54, 1.807) is 0 Å². The van der Waals surface area contributed by atoms with Crippen LogP contribution >= 0.6 is 11.8 Å². The number of anilines is 1. The first-order valence-electron chi connectivity index (χ1n) is 9.85. The summed E-state index contributed by atoms with van der Waals surface area (Å²) in [5, 5.41) is 6.63. The molecule has 162 valence electrons. The number of esters is 1. The van der Waals surface area contributed by atoms with Crippen LogP contribution in [0.3, 0.4) is 0 Å². The second-order valence-electron chi connectivity index (χ2n) is 7.09. The molecule has 1 aromatic heterocycles. The van der Waals surface area contributed by atoms with Crippen molar-refractivity contribution in [1.29, 1.82) is 0 Å². The highest BCUT2D eigenvalue weighted by molar-refractivity contribution is 7.99. The van der Waals surface area contributed by atoms with Gasteiger partial charge in [0.25, 0.3) is 5.91 Å². The molecule has 0 aliphatic carbocycles. The van der Waals surface area contributed by atoms with Crippen molar-refractivity contribution in [3.05, 3.63) is 46.8 Å². The van der Waals surface area contributed by atoms with Crippen molar-refractivity contribution < 1.29 is 23.6 Å². The molecular weight excluding hydrogens is 406 g/mol. The standard InChI is InChI=1S/C21H27N3O5S/c1-15-19(16(2)29-23-15)13-30-14-21(26)28-12-20(25)22-18-5-3-17(4-6-18)11-24-7-9-27-10-8-24/h3-6H,7-14H2,1-2H3,(H,22,25). The van der Waals surface area contributed by atoms with Crippen LogP contribution in [0.2, 0.25) is 0 Å². The molecule has 1 amide bonds. The first-order valence-corrected chi connectivity index (χ1v) is 11.0. The molecule has 0 spiro atoms. The number of thioether (sulfide) groups is 1.